The average Bonchev–Trinajstić information content (AvgIpc) is 3.23. The van der Waals surface area contributed by atoms with E-state index in [1.54, 1.807) is 0 Å². The molecule has 9 aromatic carbocycles. The third-order valence-corrected chi connectivity index (χ3v) is 10.6. The smallest absolute Gasteiger partial charge is 0.0468 e. The third-order valence-electron chi connectivity index (χ3n) is 10.6. The van der Waals surface area contributed by atoms with Gasteiger partial charge in [0.05, 0.1) is 0 Å². The van der Waals surface area contributed by atoms with Crippen molar-refractivity contribution in [2.75, 3.05) is 4.90 Å². The predicted molar refractivity (Wildman–Crippen MR) is 235 cm³/mol. The van der Waals surface area contributed by atoms with E-state index in [1.807, 2.05) is 0 Å². The minimum atomic E-state index is 0.979. The Kier molecular flexibility index (Phi) is 8.83. The largest absolute Gasteiger partial charge is 0.310 e. The van der Waals surface area contributed by atoms with Crippen molar-refractivity contribution in [3.63, 3.8) is 0 Å². The van der Waals surface area contributed by atoms with Crippen LogP contribution in [0.3, 0.4) is 0 Å². The summed E-state index contributed by atoms with van der Waals surface area (Å²) in [6, 6.07) is 66.8. The number of nitrogens with zero attached hydrogens (tertiary/aromatic N) is 1. The molecule has 0 radical (unpaired) electrons. The van der Waals surface area contributed by atoms with Crippen LogP contribution in [-0.4, -0.2) is 0 Å². The summed E-state index contributed by atoms with van der Waals surface area (Å²) in [6.07, 6.45) is 7.60. The standard InChI is InChI=1S/C53H41N/c1-3-15-37(4-2)32-38-16-14-23-46(33-38)54(45-21-6-5-7-22-45)47-30-31-50-51(36-47)53(44-29-27-40-18-9-11-20-42(40)35-44)49-25-13-12-24-48(49)52(50)43-28-26-39-17-8-10-19-41(39)34-43/h3,5-36H,4H2,1-2H3/b15-3-,37-32-. The quantitative estimate of drug-likeness (QED) is 0.113. The van der Waals surface area contributed by atoms with E-state index in [-0.39, 0.29) is 0 Å². The number of rotatable bonds is 8. The second-order valence-corrected chi connectivity index (χ2v) is 14.0. The van der Waals surface area contributed by atoms with Gasteiger partial charge in [0.25, 0.3) is 0 Å². The fourth-order valence-electron chi connectivity index (χ4n) is 8.09. The monoisotopic (exact) mass is 691 g/mol. The molecule has 0 fully saturated rings. The number of hydrogen-bond donors (Lipinski definition) is 0. The zero-order valence-electron chi connectivity index (χ0n) is 30.7. The highest BCUT2D eigenvalue weighted by Gasteiger charge is 2.20. The molecule has 1 heteroatoms. The molecule has 0 bridgehead atoms. The van der Waals surface area contributed by atoms with E-state index in [4.69, 9.17) is 0 Å². The van der Waals surface area contributed by atoms with E-state index in [0.717, 1.165) is 23.5 Å². The molecule has 0 aliphatic carbocycles. The lowest BCUT2D eigenvalue weighted by atomic mass is 9.85. The first-order valence-electron chi connectivity index (χ1n) is 18.9. The molecule has 0 saturated heterocycles. The SMILES string of the molecule is C/C=C\C(=C/c1cccc(N(c2ccccc2)c2ccc3c(-c4ccc5ccccc5c4)c4ccccc4c(-c4ccc5ccccc5c4)c3c2)c1)CC. The van der Waals surface area contributed by atoms with E-state index >= 15 is 0 Å². The lowest BCUT2D eigenvalue weighted by Gasteiger charge is -2.27. The maximum absolute atomic E-state index is 2.42. The molecule has 1 nitrogen and oxygen atoms in total. The van der Waals surface area contributed by atoms with Gasteiger partial charge >= 0.3 is 0 Å². The highest BCUT2D eigenvalue weighted by atomic mass is 15.1. The highest BCUT2D eigenvalue weighted by molar-refractivity contribution is 6.22. The Hall–Kier alpha value is -6.70. The second kappa shape index (κ2) is 14.4. The molecular formula is C53H41N. The maximum atomic E-state index is 2.42. The van der Waals surface area contributed by atoms with Gasteiger partial charge in [0.1, 0.15) is 0 Å². The van der Waals surface area contributed by atoms with Crippen molar-refractivity contribution in [2.45, 2.75) is 20.3 Å². The Balaban J connectivity index is 1.35. The van der Waals surface area contributed by atoms with Crippen molar-refractivity contribution in [2.24, 2.45) is 0 Å². The molecule has 9 aromatic rings. The van der Waals surface area contributed by atoms with Crippen LogP contribution in [0, 0.1) is 0 Å². The second-order valence-electron chi connectivity index (χ2n) is 14.0. The van der Waals surface area contributed by atoms with Crippen molar-refractivity contribution in [1.29, 1.82) is 0 Å². The first kappa shape index (κ1) is 33.2. The van der Waals surface area contributed by atoms with Gasteiger partial charge in [-0.3, -0.25) is 0 Å². The zero-order chi connectivity index (χ0) is 36.4. The normalized spacial score (nSPS) is 12.0. The van der Waals surface area contributed by atoms with Crippen LogP contribution in [0.1, 0.15) is 25.8 Å². The van der Waals surface area contributed by atoms with E-state index in [9.17, 15) is 0 Å². The van der Waals surface area contributed by atoms with Crippen molar-refractivity contribution in [3.8, 4) is 22.3 Å². The Labute approximate surface area is 317 Å². The van der Waals surface area contributed by atoms with Crippen LogP contribution in [0.15, 0.2) is 200 Å². The fraction of sp³-hybridized carbons (Fsp3) is 0.0566. The van der Waals surface area contributed by atoms with Crippen molar-refractivity contribution in [3.05, 3.63) is 205 Å². The van der Waals surface area contributed by atoms with Crippen molar-refractivity contribution < 1.29 is 0 Å². The molecule has 0 saturated carbocycles. The van der Waals surface area contributed by atoms with Crippen LogP contribution in [0.25, 0.3) is 71.4 Å². The van der Waals surface area contributed by atoms with Gasteiger partial charge in [0.2, 0.25) is 0 Å². The van der Waals surface area contributed by atoms with E-state index < -0.39 is 0 Å². The third kappa shape index (κ3) is 6.14. The number of para-hydroxylation sites is 1. The summed E-state index contributed by atoms with van der Waals surface area (Å²) in [6.45, 7) is 4.29. The lowest BCUT2D eigenvalue weighted by molar-refractivity contribution is 1.16. The first-order valence-corrected chi connectivity index (χ1v) is 18.9. The van der Waals surface area contributed by atoms with Crippen molar-refractivity contribution >= 4 is 66.2 Å². The van der Waals surface area contributed by atoms with Gasteiger partial charge in [-0.25, -0.2) is 0 Å². The Morgan fingerprint density at radius 2 is 0.981 bits per heavy atom. The number of allylic oxidation sites excluding steroid dienone is 3. The molecule has 0 atom stereocenters. The summed E-state index contributed by atoms with van der Waals surface area (Å²) in [5, 5.41) is 9.93. The van der Waals surface area contributed by atoms with Crippen LogP contribution >= 0.6 is 0 Å². The summed E-state index contributed by atoms with van der Waals surface area (Å²) in [4.78, 5) is 2.40. The number of fused-ring (bicyclic) bond motifs is 4. The molecule has 258 valence electrons. The van der Waals surface area contributed by atoms with Gasteiger partial charge in [0, 0.05) is 17.1 Å². The number of benzene rings is 9. The molecular weight excluding hydrogens is 651 g/mol. The first-order chi connectivity index (χ1) is 26.7. The molecule has 0 aliphatic heterocycles. The maximum Gasteiger partial charge on any atom is 0.0468 e. The Morgan fingerprint density at radius 1 is 0.444 bits per heavy atom. The molecule has 0 aliphatic rings. The molecule has 0 spiro atoms. The summed E-state index contributed by atoms with van der Waals surface area (Å²) in [5.74, 6) is 0. The predicted octanol–water partition coefficient (Wildman–Crippen LogP) is 15.5. The van der Waals surface area contributed by atoms with Crippen LogP contribution in [0.5, 0.6) is 0 Å². The topological polar surface area (TPSA) is 3.24 Å². The van der Waals surface area contributed by atoms with Crippen LogP contribution < -0.4 is 4.90 Å². The highest BCUT2D eigenvalue weighted by Crippen LogP contribution is 2.47. The van der Waals surface area contributed by atoms with Crippen LogP contribution in [-0.2, 0) is 0 Å². The molecule has 0 amide bonds. The van der Waals surface area contributed by atoms with Gasteiger partial charge in [-0.2, -0.15) is 0 Å². The van der Waals surface area contributed by atoms with E-state index in [1.165, 1.54) is 76.5 Å². The number of anilines is 3. The molecule has 0 heterocycles. The summed E-state index contributed by atoms with van der Waals surface area (Å²) < 4.78 is 0. The molecule has 0 unspecified atom stereocenters. The summed E-state index contributed by atoms with van der Waals surface area (Å²) >= 11 is 0. The zero-order valence-corrected chi connectivity index (χ0v) is 30.7. The van der Waals surface area contributed by atoms with Crippen LogP contribution in [0.2, 0.25) is 0 Å². The minimum absolute atomic E-state index is 0.979. The van der Waals surface area contributed by atoms with Gasteiger partial charge < -0.3 is 4.90 Å². The molecule has 9 rings (SSSR count). The molecule has 0 N–H and O–H groups in total. The average molecular weight is 692 g/mol. The van der Waals surface area contributed by atoms with E-state index in [0.29, 0.717) is 0 Å². The Morgan fingerprint density at radius 3 is 1.61 bits per heavy atom. The van der Waals surface area contributed by atoms with Crippen molar-refractivity contribution in [1.82, 2.24) is 0 Å². The van der Waals surface area contributed by atoms with E-state index in [2.05, 4.69) is 219 Å². The molecule has 54 heavy (non-hydrogen) atoms. The molecule has 0 aromatic heterocycles. The summed E-state index contributed by atoms with van der Waals surface area (Å²) in [5.41, 5.74) is 10.8. The van der Waals surface area contributed by atoms with Gasteiger partial charge in [0.15, 0.2) is 0 Å². The van der Waals surface area contributed by atoms with Gasteiger partial charge in [-0.15, -0.1) is 0 Å². The van der Waals surface area contributed by atoms with Gasteiger partial charge in [-0.1, -0.05) is 159 Å². The van der Waals surface area contributed by atoms with Gasteiger partial charge in [-0.05, 0) is 138 Å². The fourth-order valence-corrected chi connectivity index (χ4v) is 8.09. The van der Waals surface area contributed by atoms with Crippen LogP contribution in [0.4, 0.5) is 17.1 Å². The Bertz CT molecular complexity index is 2880. The number of hydrogen-bond acceptors (Lipinski definition) is 1. The summed E-state index contributed by atoms with van der Waals surface area (Å²) in [7, 11) is 0. The minimum Gasteiger partial charge on any atom is -0.310 e. The lowest BCUT2D eigenvalue weighted by Crippen LogP contribution is -2.10.